The van der Waals surface area contributed by atoms with Gasteiger partial charge in [-0.05, 0) is 54.8 Å². The number of likely N-dealkylation sites (tertiary alicyclic amines) is 1. The summed E-state index contributed by atoms with van der Waals surface area (Å²) >= 11 is 0. The molecule has 1 fully saturated rings. The number of nitrogens with zero attached hydrogens (tertiary/aromatic N) is 2. The van der Waals surface area contributed by atoms with Crippen molar-refractivity contribution in [1.29, 1.82) is 0 Å². The van der Waals surface area contributed by atoms with Crippen LogP contribution in [0.15, 0.2) is 36.4 Å². The van der Waals surface area contributed by atoms with Crippen molar-refractivity contribution in [1.82, 2.24) is 9.47 Å². The Morgan fingerprint density at radius 1 is 1.16 bits per heavy atom. The molecule has 0 bridgehead atoms. The van der Waals surface area contributed by atoms with Crippen LogP contribution in [-0.2, 0) is 16.6 Å². The van der Waals surface area contributed by atoms with E-state index in [1.807, 2.05) is 13.1 Å². The summed E-state index contributed by atoms with van der Waals surface area (Å²) in [5.41, 5.74) is 2.23. The van der Waals surface area contributed by atoms with Gasteiger partial charge in [0.25, 0.3) is 5.91 Å². The van der Waals surface area contributed by atoms with E-state index in [0.717, 1.165) is 24.1 Å². The molecule has 0 radical (unpaired) electrons. The van der Waals surface area contributed by atoms with Crippen LogP contribution in [-0.4, -0.2) is 41.5 Å². The number of esters is 1. The number of ether oxygens (including phenoxy) is 1. The van der Waals surface area contributed by atoms with Crippen LogP contribution in [0.25, 0.3) is 11.3 Å². The van der Waals surface area contributed by atoms with Crippen molar-refractivity contribution in [3.05, 3.63) is 47.9 Å². The topological polar surface area (TPSA) is 51.5 Å². The third-order valence-corrected chi connectivity index (χ3v) is 4.72. The minimum absolute atomic E-state index is 0.107. The molecule has 1 unspecified atom stereocenters. The molecule has 2 heterocycles. The Balaban J connectivity index is 1.81. The molecule has 0 spiro atoms. The summed E-state index contributed by atoms with van der Waals surface area (Å²) in [6, 6.07) is 9.79. The van der Waals surface area contributed by atoms with Crippen molar-refractivity contribution in [2.24, 2.45) is 13.0 Å². The number of rotatable bonds is 3. The fourth-order valence-electron chi connectivity index (χ4n) is 3.32. The molecule has 1 atom stereocenters. The molecule has 1 aromatic carbocycles. The van der Waals surface area contributed by atoms with Gasteiger partial charge < -0.3 is 14.2 Å². The monoisotopic (exact) mass is 344 g/mol. The molecular weight excluding hydrogens is 323 g/mol. The summed E-state index contributed by atoms with van der Waals surface area (Å²) in [5, 5.41) is 0. The molecule has 1 saturated heterocycles. The van der Waals surface area contributed by atoms with Gasteiger partial charge in [-0.1, -0.05) is 0 Å². The van der Waals surface area contributed by atoms with Crippen molar-refractivity contribution < 1.29 is 18.7 Å². The number of benzene rings is 1. The standard InChI is InChI=1S/C19H21FN2O3/c1-21-16(13-5-7-15(20)8-6-13)9-10-17(21)18(23)22-11-3-4-14(12-22)19(24)25-2/h5-10,14H,3-4,11-12H2,1-2H3. The lowest BCUT2D eigenvalue weighted by atomic mass is 9.98. The minimum atomic E-state index is -0.295. The lowest BCUT2D eigenvalue weighted by Gasteiger charge is -2.31. The number of hydrogen-bond donors (Lipinski definition) is 0. The maximum absolute atomic E-state index is 13.1. The molecule has 1 aliphatic heterocycles. The number of piperidine rings is 1. The Morgan fingerprint density at radius 2 is 1.88 bits per heavy atom. The first-order chi connectivity index (χ1) is 12.0. The predicted molar refractivity (Wildman–Crippen MR) is 91.5 cm³/mol. The quantitative estimate of drug-likeness (QED) is 0.805. The first-order valence-corrected chi connectivity index (χ1v) is 8.30. The predicted octanol–water partition coefficient (Wildman–Crippen LogP) is 2.86. The van der Waals surface area contributed by atoms with Gasteiger partial charge in [0.15, 0.2) is 0 Å². The summed E-state index contributed by atoms with van der Waals surface area (Å²) in [6.45, 7) is 1.01. The van der Waals surface area contributed by atoms with E-state index in [-0.39, 0.29) is 23.6 Å². The molecule has 0 N–H and O–H groups in total. The first-order valence-electron chi connectivity index (χ1n) is 8.30. The molecule has 1 amide bonds. The molecule has 0 saturated carbocycles. The number of carbonyl (C=O) groups is 2. The molecular formula is C19H21FN2O3. The fourth-order valence-corrected chi connectivity index (χ4v) is 3.32. The Bertz CT molecular complexity index is 782. The van der Waals surface area contributed by atoms with Gasteiger partial charge in [0, 0.05) is 25.8 Å². The highest BCUT2D eigenvalue weighted by Crippen LogP contribution is 2.24. The largest absolute Gasteiger partial charge is 0.469 e. The van der Waals surface area contributed by atoms with E-state index >= 15 is 0 Å². The second-order valence-corrected chi connectivity index (χ2v) is 6.28. The van der Waals surface area contributed by atoms with Gasteiger partial charge >= 0.3 is 5.97 Å². The zero-order valence-electron chi connectivity index (χ0n) is 14.4. The highest BCUT2D eigenvalue weighted by molar-refractivity contribution is 5.94. The normalized spacial score (nSPS) is 17.4. The molecule has 3 rings (SSSR count). The molecule has 5 nitrogen and oxygen atoms in total. The van der Waals surface area contributed by atoms with Crippen LogP contribution >= 0.6 is 0 Å². The van der Waals surface area contributed by atoms with E-state index in [1.165, 1.54) is 19.2 Å². The first kappa shape index (κ1) is 17.2. The van der Waals surface area contributed by atoms with Crippen molar-refractivity contribution in [2.75, 3.05) is 20.2 Å². The summed E-state index contributed by atoms with van der Waals surface area (Å²) in [6.07, 6.45) is 1.52. The maximum Gasteiger partial charge on any atom is 0.310 e. The summed E-state index contributed by atoms with van der Waals surface area (Å²) in [7, 11) is 3.18. The van der Waals surface area contributed by atoms with Crippen LogP contribution in [0.2, 0.25) is 0 Å². The second-order valence-electron chi connectivity index (χ2n) is 6.28. The number of aromatic nitrogens is 1. The third kappa shape index (κ3) is 3.43. The number of carbonyl (C=O) groups excluding carboxylic acids is 2. The molecule has 1 aromatic heterocycles. The van der Waals surface area contributed by atoms with Gasteiger partial charge in [-0.2, -0.15) is 0 Å². The van der Waals surface area contributed by atoms with Crippen LogP contribution in [0.3, 0.4) is 0 Å². The molecule has 132 valence electrons. The van der Waals surface area contributed by atoms with Crippen molar-refractivity contribution in [3.63, 3.8) is 0 Å². The molecule has 25 heavy (non-hydrogen) atoms. The van der Waals surface area contributed by atoms with E-state index in [1.54, 1.807) is 27.7 Å². The fraction of sp³-hybridized carbons (Fsp3) is 0.368. The van der Waals surface area contributed by atoms with E-state index in [4.69, 9.17) is 4.74 Å². The van der Waals surface area contributed by atoms with Crippen molar-refractivity contribution in [3.8, 4) is 11.3 Å². The average Bonchev–Trinajstić information content (AvgIpc) is 3.02. The van der Waals surface area contributed by atoms with Crippen LogP contribution in [0.4, 0.5) is 4.39 Å². The summed E-state index contributed by atoms with van der Waals surface area (Å²) in [5.74, 6) is -0.934. The third-order valence-electron chi connectivity index (χ3n) is 4.72. The van der Waals surface area contributed by atoms with Crippen LogP contribution in [0.5, 0.6) is 0 Å². The van der Waals surface area contributed by atoms with Crippen LogP contribution in [0.1, 0.15) is 23.3 Å². The lowest BCUT2D eigenvalue weighted by molar-refractivity contribution is -0.146. The van der Waals surface area contributed by atoms with Crippen LogP contribution < -0.4 is 0 Å². The van der Waals surface area contributed by atoms with Gasteiger partial charge in [0.2, 0.25) is 0 Å². The molecule has 6 heteroatoms. The SMILES string of the molecule is COC(=O)C1CCCN(C(=O)c2ccc(-c3ccc(F)cc3)n2C)C1. The van der Waals surface area contributed by atoms with Gasteiger partial charge in [0.05, 0.1) is 13.0 Å². The Kier molecular flexibility index (Phi) is 4.88. The van der Waals surface area contributed by atoms with Crippen molar-refractivity contribution in [2.45, 2.75) is 12.8 Å². The zero-order valence-corrected chi connectivity index (χ0v) is 14.4. The molecule has 1 aliphatic rings. The number of hydrogen-bond acceptors (Lipinski definition) is 3. The maximum atomic E-state index is 13.1. The smallest absolute Gasteiger partial charge is 0.310 e. The number of amides is 1. The van der Waals surface area contributed by atoms with Gasteiger partial charge in [0.1, 0.15) is 11.5 Å². The van der Waals surface area contributed by atoms with E-state index in [0.29, 0.717) is 18.8 Å². The highest BCUT2D eigenvalue weighted by Gasteiger charge is 2.30. The van der Waals surface area contributed by atoms with E-state index in [2.05, 4.69) is 0 Å². The van der Waals surface area contributed by atoms with E-state index in [9.17, 15) is 14.0 Å². The molecule has 0 aliphatic carbocycles. The van der Waals surface area contributed by atoms with Crippen molar-refractivity contribution >= 4 is 11.9 Å². The Hall–Kier alpha value is -2.63. The van der Waals surface area contributed by atoms with Gasteiger partial charge in [-0.15, -0.1) is 0 Å². The molecule has 2 aromatic rings. The Labute approximate surface area is 146 Å². The van der Waals surface area contributed by atoms with Gasteiger partial charge in [-0.3, -0.25) is 9.59 Å². The Morgan fingerprint density at radius 3 is 2.56 bits per heavy atom. The number of halogens is 1. The van der Waals surface area contributed by atoms with Gasteiger partial charge in [-0.25, -0.2) is 4.39 Å². The minimum Gasteiger partial charge on any atom is -0.469 e. The average molecular weight is 344 g/mol. The summed E-state index contributed by atoms with van der Waals surface area (Å²) in [4.78, 5) is 26.3. The summed E-state index contributed by atoms with van der Waals surface area (Å²) < 4.78 is 19.7. The van der Waals surface area contributed by atoms with E-state index < -0.39 is 0 Å². The number of methoxy groups -OCH3 is 1. The second kappa shape index (κ2) is 7.09. The highest BCUT2D eigenvalue weighted by atomic mass is 19.1. The van der Waals surface area contributed by atoms with Crippen LogP contribution in [0, 0.1) is 11.7 Å². The zero-order chi connectivity index (χ0) is 18.0. The lowest BCUT2D eigenvalue weighted by Crippen LogP contribution is -2.43.